The minimum atomic E-state index is 1.26. The molecule has 3 rings (SSSR count). The zero-order chi connectivity index (χ0) is 11.8. The van der Waals surface area contributed by atoms with E-state index in [1.807, 2.05) is 34.0 Å². The molecule has 0 fully saturated rings. The number of thiophene rings is 3. The maximum Gasteiger partial charge on any atom is 0.0524 e. The van der Waals surface area contributed by atoms with Gasteiger partial charge in [-0.2, -0.15) is 0 Å². The summed E-state index contributed by atoms with van der Waals surface area (Å²) in [6, 6.07) is 14.2. The highest BCUT2D eigenvalue weighted by Gasteiger charge is 2.08. The summed E-state index contributed by atoms with van der Waals surface area (Å²) in [5.41, 5.74) is 0. The molecule has 0 saturated carbocycles. The van der Waals surface area contributed by atoms with Gasteiger partial charge in [-0.05, 0) is 44.2 Å². The first-order valence-corrected chi connectivity index (χ1v) is 7.82. The van der Waals surface area contributed by atoms with Gasteiger partial charge in [-0.3, -0.25) is 0 Å². The van der Waals surface area contributed by atoms with Crippen LogP contribution in [0.4, 0.5) is 0 Å². The molecule has 0 atom stereocenters. The van der Waals surface area contributed by atoms with Gasteiger partial charge >= 0.3 is 0 Å². The van der Waals surface area contributed by atoms with Gasteiger partial charge in [-0.15, -0.1) is 34.0 Å². The minimum Gasteiger partial charge on any atom is -0.140 e. The molecule has 0 nitrogen and oxygen atoms in total. The average molecular weight is 275 g/mol. The Kier molecular flexibility index (Phi) is 2.90. The standard InChI is InChI=1S/C14H11S3/c1-9-3-5-11(15-9)13-7-8-14(17-13)12-6-4-10(2)16-12/h3-5,7-8H,1-2H3. The second-order valence-electron chi connectivity index (χ2n) is 3.90. The highest BCUT2D eigenvalue weighted by Crippen LogP contribution is 2.39. The van der Waals surface area contributed by atoms with Gasteiger partial charge in [-0.1, -0.05) is 0 Å². The topological polar surface area (TPSA) is 0 Å². The Morgan fingerprint density at radius 1 is 0.765 bits per heavy atom. The third-order valence-corrected chi connectivity index (χ3v) is 5.89. The van der Waals surface area contributed by atoms with Crippen LogP contribution >= 0.6 is 34.0 Å². The smallest absolute Gasteiger partial charge is 0.0524 e. The van der Waals surface area contributed by atoms with Crippen molar-refractivity contribution >= 4 is 34.0 Å². The highest BCUT2D eigenvalue weighted by molar-refractivity contribution is 7.26. The zero-order valence-electron chi connectivity index (χ0n) is 9.61. The Hall–Kier alpha value is -0.900. The number of aryl methyl sites for hydroxylation is 2. The largest absolute Gasteiger partial charge is 0.140 e. The molecule has 3 aromatic rings. The molecular formula is C14H11S3. The summed E-state index contributed by atoms with van der Waals surface area (Å²) >= 11 is 5.53. The quantitative estimate of drug-likeness (QED) is 0.569. The van der Waals surface area contributed by atoms with Crippen molar-refractivity contribution in [2.75, 3.05) is 0 Å². The van der Waals surface area contributed by atoms with Gasteiger partial charge in [0.1, 0.15) is 0 Å². The average Bonchev–Trinajstić information content (AvgIpc) is 2.96. The molecule has 85 valence electrons. The van der Waals surface area contributed by atoms with Crippen molar-refractivity contribution in [1.82, 2.24) is 0 Å². The zero-order valence-corrected chi connectivity index (χ0v) is 12.1. The summed E-state index contributed by atoms with van der Waals surface area (Å²) < 4.78 is 0. The molecule has 17 heavy (non-hydrogen) atoms. The van der Waals surface area contributed by atoms with E-state index in [9.17, 15) is 0 Å². The fraction of sp³-hybridized carbons (Fsp3) is 0.143. The van der Waals surface area contributed by atoms with Gasteiger partial charge in [0, 0.05) is 30.5 Å². The first kappa shape index (κ1) is 11.2. The second-order valence-corrected chi connectivity index (χ2v) is 7.53. The van der Waals surface area contributed by atoms with Crippen LogP contribution in [-0.4, -0.2) is 0 Å². The van der Waals surface area contributed by atoms with Crippen molar-refractivity contribution in [3.8, 4) is 19.5 Å². The predicted molar refractivity (Wildman–Crippen MR) is 79.3 cm³/mol. The van der Waals surface area contributed by atoms with E-state index in [4.69, 9.17) is 0 Å². The Bertz CT molecular complexity index is 585. The molecule has 0 aliphatic heterocycles. The molecule has 3 heteroatoms. The lowest BCUT2D eigenvalue weighted by Gasteiger charge is -1.90. The number of hydrogen-bond acceptors (Lipinski definition) is 3. The third kappa shape index (κ3) is 2.23. The maximum atomic E-state index is 3.32. The molecule has 0 unspecified atom stereocenters. The van der Waals surface area contributed by atoms with E-state index in [0.29, 0.717) is 0 Å². The summed E-state index contributed by atoms with van der Waals surface area (Å²) in [5, 5.41) is 0. The van der Waals surface area contributed by atoms with E-state index >= 15 is 0 Å². The molecule has 0 aliphatic carbocycles. The Morgan fingerprint density at radius 3 is 2.12 bits per heavy atom. The van der Waals surface area contributed by atoms with Crippen LogP contribution in [0.2, 0.25) is 0 Å². The van der Waals surface area contributed by atoms with Gasteiger partial charge in [0.2, 0.25) is 0 Å². The summed E-state index contributed by atoms with van der Waals surface area (Å²) in [4.78, 5) is 8.00. The molecule has 0 aliphatic rings. The molecule has 0 amide bonds. The van der Waals surface area contributed by atoms with E-state index in [-0.39, 0.29) is 0 Å². The van der Waals surface area contributed by atoms with Crippen LogP contribution in [0, 0.1) is 19.9 Å². The van der Waals surface area contributed by atoms with Crippen LogP contribution in [0.3, 0.4) is 0 Å². The Morgan fingerprint density at radius 2 is 1.47 bits per heavy atom. The lowest BCUT2D eigenvalue weighted by molar-refractivity contribution is 1.64. The van der Waals surface area contributed by atoms with Crippen LogP contribution in [0.15, 0.2) is 30.3 Å². The van der Waals surface area contributed by atoms with Crippen molar-refractivity contribution in [2.45, 2.75) is 13.8 Å². The molecule has 0 N–H and O–H groups in total. The van der Waals surface area contributed by atoms with E-state index in [2.05, 4.69) is 50.2 Å². The van der Waals surface area contributed by atoms with Gasteiger partial charge in [0.15, 0.2) is 0 Å². The molecule has 0 bridgehead atoms. The monoisotopic (exact) mass is 275 g/mol. The van der Waals surface area contributed by atoms with Crippen LogP contribution in [-0.2, 0) is 0 Å². The van der Waals surface area contributed by atoms with Crippen molar-refractivity contribution < 1.29 is 0 Å². The van der Waals surface area contributed by atoms with Gasteiger partial charge in [0.05, 0.1) is 4.88 Å². The minimum absolute atomic E-state index is 1.26. The summed E-state index contributed by atoms with van der Waals surface area (Å²) in [6.07, 6.45) is 0. The fourth-order valence-corrected chi connectivity index (χ4v) is 4.51. The lowest BCUT2D eigenvalue weighted by atomic mass is 10.3. The molecular weight excluding hydrogens is 264 g/mol. The normalized spacial score (nSPS) is 10.9. The Labute approximate surface area is 113 Å². The van der Waals surface area contributed by atoms with Crippen molar-refractivity contribution in [1.29, 1.82) is 0 Å². The van der Waals surface area contributed by atoms with Gasteiger partial charge in [-0.25, -0.2) is 0 Å². The molecule has 3 heterocycles. The first-order valence-electron chi connectivity index (χ1n) is 5.37. The SMILES string of the molecule is Cc1c[c]c(-c2ccc(-c3ccc(C)s3)s2)s1. The first-order chi connectivity index (χ1) is 8.22. The molecule has 0 saturated heterocycles. The fourth-order valence-electron chi connectivity index (χ4n) is 1.67. The van der Waals surface area contributed by atoms with Crippen molar-refractivity contribution in [3.63, 3.8) is 0 Å². The molecule has 1 radical (unpaired) electrons. The van der Waals surface area contributed by atoms with E-state index < -0.39 is 0 Å². The third-order valence-electron chi connectivity index (χ3n) is 2.48. The highest BCUT2D eigenvalue weighted by atomic mass is 32.1. The number of rotatable bonds is 2. The predicted octanol–water partition coefficient (Wildman–Crippen LogP) is 5.62. The molecule has 3 aromatic heterocycles. The van der Waals surface area contributed by atoms with E-state index in [1.165, 1.54) is 29.3 Å². The van der Waals surface area contributed by atoms with Gasteiger partial charge in [0.25, 0.3) is 0 Å². The number of hydrogen-bond donors (Lipinski definition) is 0. The van der Waals surface area contributed by atoms with Crippen molar-refractivity contribution in [2.24, 2.45) is 0 Å². The lowest BCUT2D eigenvalue weighted by Crippen LogP contribution is -1.57. The van der Waals surface area contributed by atoms with Crippen LogP contribution in [0.25, 0.3) is 19.5 Å². The Balaban J connectivity index is 1.98. The molecule has 0 aromatic carbocycles. The summed E-state index contributed by atoms with van der Waals surface area (Å²) in [6.45, 7) is 4.28. The second kappa shape index (κ2) is 4.41. The van der Waals surface area contributed by atoms with Gasteiger partial charge < -0.3 is 0 Å². The van der Waals surface area contributed by atoms with E-state index in [1.54, 1.807) is 0 Å². The maximum absolute atomic E-state index is 3.32. The summed E-state index contributed by atoms with van der Waals surface area (Å²) in [7, 11) is 0. The van der Waals surface area contributed by atoms with Crippen molar-refractivity contribution in [3.05, 3.63) is 46.2 Å². The van der Waals surface area contributed by atoms with Crippen LogP contribution in [0.5, 0.6) is 0 Å². The molecule has 0 spiro atoms. The van der Waals surface area contributed by atoms with E-state index in [0.717, 1.165) is 0 Å². The summed E-state index contributed by atoms with van der Waals surface area (Å²) in [5.74, 6) is 0. The van der Waals surface area contributed by atoms with Crippen LogP contribution < -0.4 is 0 Å². The van der Waals surface area contributed by atoms with Crippen LogP contribution in [0.1, 0.15) is 9.75 Å².